The van der Waals surface area contributed by atoms with Gasteiger partial charge in [0.15, 0.2) is 0 Å². The fourth-order valence-corrected chi connectivity index (χ4v) is 3.40. The Labute approximate surface area is 158 Å². The maximum atomic E-state index is 13.7. The van der Waals surface area contributed by atoms with E-state index in [9.17, 15) is 4.79 Å². The van der Waals surface area contributed by atoms with Gasteiger partial charge >= 0.3 is 5.79 Å². The van der Waals surface area contributed by atoms with Gasteiger partial charge in [0.25, 0.3) is 0 Å². The van der Waals surface area contributed by atoms with Crippen molar-refractivity contribution < 1.29 is 14.3 Å². The Balaban J connectivity index is 1.92. The van der Waals surface area contributed by atoms with Gasteiger partial charge in [0.1, 0.15) is 5.76 Å². The molecule has 0 saturated carbocycles. The van der Waals surface area contributed by atoms with Gasteiger partial charge in [-0.15, -0.1) is 0 Å². The first-order valence-electron chi connectivity index (χ1n) is 9.04. The minimum Gasteiger partial charge on any atom is -0.449 e. The Hall–Kier alpha value is -3.17. The van der Waals surface area contributed by atoms with Gasteiger partial charge in [-0.2, -0.15) is 0 Å². The van der Waals surface area contributed by atoms with E-state index in [2.05, 4.69) is 0 Å². The van der Waals surface area contributed by atoms with Gasteiger partial charge in [-0.25, -0.2) is 0 Å². The summed E-state index contributed by atoms with van der Waals surface area (Å²) in [6, 6.07) is 28.7. The van der Waals surface area contributed by atoms with Crippen molar-refractivity contribution in [2.45, 2.75) is 12.7 Å². The van der Waals surface area contributed by atoms with E-state index in [4.69, 9.17) is 9.47 Å². The standard InChI is InChI=1S/C24H20O3/c1-2-26-24(20-16-10-5-11-17-20)23(25)21(18-12-6-3-7-13-18)22(27-24)19-14-8-4-9-15-19/h3-17H,2H2,1H3. The molecule has 3 nitrogen and oxygen atoms in total. The second-order valence-corrected chi connectivity index (χ2v) is 6.28. The molecule has 3 heteroatoms. The molecule has 0 aromatic heterocycles. The van der Waals surface area contributed by atoms with Crippen molar-refractivity contribution in [2.24, 2.45) is 0 Å². The zero-order valence-corrected chi connectivity index (χ0v) is 15.1. The van der Waals surface area contributed by atoms with Crippen molar-refractivity contribution in [3.63, 3.8) is 0 Å². The maximum absolute atomic E-state index is 13.7. The Kier molecular flexibility index (Phi) is 4.61. The van der Waals surface area contributed by atoms with Crippen LogP contribution in [0.3, 0.4) is 0 Å². The lowest BCUT2D eigenvalue weighted by molar-refractivity contribution is -0.195. The number of Topliss-reactive ketones (excluding diaryl/α,β-unsaturated/α-hetero) is 1. The number of ketones is 1. The average molecular weight is 356 g/mol. The molecule has 1 atom stereocenters. The van der Waals surface area contributed by atoms with Crippen molar-refractivity contribution in [3.05, 3.63) is 108 Å². The Bertz CT molecular complexity index is 962. The van der Waals surface area contributed by atoms with Gasteiger partial charge in [0.2, 0.25) is 5.78 Å². The molecule has 0 aliphatic carbocycles. The first-order chi connectivity index (χ1) is 13.3. The lowest BCUT2D eigenvalue weighted by atomic mass is 9.92. The molecule has 27 heavy (non-hydrogen) atoms. The highest BCUT2D eigenvalue weighted by atomic mass is 16.7. The van der Waals surface area contributed by atoms with E-state index in [0.717, 1.165) is 11.1 Å². The van der Waals surface area contributed by atoms with Crippen LogP contribution < -0.4 is 0 Å². The highest BCUT2D eigenvalue weighted by Gasteiger charge is 2.52. The Morgan fingerprint density at radius 2 is 1.30 bits per heavy atom. The summed E-state index contributed by atoms with van der Waals surface area (Å²) in [5, 5.41) is 0. The third kappa shape index (κ3) is 2.96. The molecule has 1 heterocycles. The summed E-state index contributed by atoms with van der Waals surface area (Å²) in [5.74, 6) is -1.10. The van der Waals surface area contributed by atoms with E-state index in [1.807, 2.05) is 97.9 Å². The summed E-state index contributed by atoms with van der Waals surface area (Å²) >= 11 is 0. The van der Waals surface area contributed by atoms with Crippen LogP contribution in [0.4, 0.5) is 0 Å². The van der Waals surface area contributed by atoms with Crippen LogP contribution in [0, 0.1) is 0 Å². The molecule has 1 unspecified atom stereocenters. The van der Waals surface area contributed by atoms with E-state index >= 15 is 0 Å². The summed E-state index contributed by atoms with van der Waals surface area (Å²) in [6.07, 6.45) is 0. The maximum Gasteiger partial charge on any atom is 0.302 e. The van der Waals surface area contributed by atoms with Crippen molar-refractivity contribution in [1.29, 1.82) is 0 Å². The van der Waals surface area contributed by atoms with Gasteiger partial charge < -0.3 is 9.47 Å². The number of carbonyl (C=O) groups is 1. The average Bonchev–Trinajstić information content (AvgIpc) is 3.04. The van der Waals surface area contributed by atoms with Crippen LogP contribution in [0.5, 0.6) is 0 Å². The molecule has 0 radical (unpaired) electrons. The molecule has 0 spiro atoms. The van der Waals surface area contributed by atoms with E-state index in [0.29, 0.717) is 23.5 Å². The van der Waals surface area contributed by atoms with Gasteiger partial charge in [0.05, 0.1) is 5.57 Å². The van der Waals surface area contributed by atoms with Crippen LogP contribution in [-0.4, -0.2) is 12.4 Å². The predicted molar refractivity (Wildman–Crippen MR) is 106 cm³/mol. The zero-order valence-electron chi connectivity index (χ0n) is 15.1. The summed E-state index contributed by atoms with van der Waals surface area (Å²) in [5.41, 5.74) is 2.90. The lowest BCUT2D eigenvalue weighted by Gasteiger charge is -2.28. The van der Waals surface area contributed by atoms with Gasteiger partial charge in [-0.3, -0.25) is 4.79 Å². The number of carbonyl (C=O) groups excluding carboxylic acids is 1. The lowest BCUT2D eigenvalue weighted by Crippen LogP contribution is -2.37. The van der Waals surface area contributed by atoms with E-state index in [-0.39, 0.29) is 5.78 Å². The summed E-state index contributed by atoms with van der Waals surface area (Å²) < 4.78 is 12.3. The third-order valence-corrected chi connectivity index (χ3v) is 4.60. The van der Waals surface area contributed by atoms with Crippen LogP contribution in [0.1, 0.15) is 23.6 Å². The Morgan fingerprint density at radius 3 is 1.85 bits per heavy atom. The second-order valence-electron chi connectivity index (χ2n) is 6.28. The third-order valence-electron chi connectivity index (χ3n) is 4.60. The normalized spacial score (nSPS) is 19.2. The second kappa shape index (κ2) is 7.22. The van der Waals surface area contributed by atoms with Crippen LogP contribution in [0.2, 0.25) is 0 Å². The minimum atomic E-state index is -1.47. The number of benzene rings is 3. The number of hydrogen-bond acceptors (Lipinski definition) is 3. The van der Waals surface area contributed by atoms with E-state index in [1.54, 1.807) is 0 Å². The number of ether oxygens (including phenoxy) is 2. The number of hydrogen-bond donors (Lipinski definition) is 0. The molecule has 0 bridgehead atoms. The summed E-state index contributed by atoms with van der Waals surface area (Å²) in [4.78, 5) is 13.7. The van der Waals surface area contributed by atoms with Gasteiger partial charge in [0, 0.05) is 17.7 Å². The molecule has 1 aliphatic rings. The topological polar surface area (TPSA) is 35.5 Å². The molecule has 1 aliphatic heterocycles. The van der Waals surface area contributed by atoms with Crippen LogP contribution in [-0.2, 0) is 20.1 Å². The smallest absolute Gasteiger partial charge is 0.302 e. The quantitative estimate of drug-likeness (QED) is 0.642. The van der Waals surface area contributed by atoms with Crippen molar-refractivity contribution in [3.8, 4) is 0 Å². The molecule has 3 aromatic rings. The first kappa shape index (κ1) is 17.3. The Morgan fingerprint density at radius 1 is 0.778 bits per heavy atom. The monoisotopic (exact) mass is 356 g/mol. The van der Waals surface area contributed by atoms with Gasteiger partial charge in [-0.1, -0.05) is 91.0 Å². The number of rotatable bonds is 5. The van der Waals surface area contributed by atoms with Crippen molar-refractivity contribution in [1.82, 2.24) is 0 Å². The van der Waals surface area contributed by atoms with Gasteiger partial charge in [-0.05, 0) is 12.5 Å². The fraction of sp³-hybridized carbons (Fsp3) is 0.125. The molecular weight excluding hydrogens is 336 g/mol. The highest BCUT2D eigenvalue weighted by Crippen LogP contribution is 2.47. The van der Waals surface area contributed by atoms with E-state index < -0.39 is 5.79 Å². The van der Waals surface area contributed by atoms with E-state index in [1.165, 1.54) is 0 Å². The SMILES string of the molecule is CCOC1(c2ccccc2)OC(c2ccccc2)=C(c2ccccc2)C1=O. The molecular formula is C24H20O3. The van der Waals surface area contributed by atoms with Crippen molar-refractivity contribution in [2.75, 3.05) is 6.61 Å². The predicted octanol–water partition coefficient (Wildman–Crippen LogP) is 5.04. The molecule has 0 saturated heterocycles. The molecule has 0 N–H and O–H groups in total. The molecule has 0 fully saturated rings. The first-order valence-corrected chi connectivity index (χ1v) is 9.04. The molecule has 4 rings (SSSR count). The van der Waals surface area contributed by atoms with Crippen molar-refractivity contribution >= 4 is 17.1 Å². The minimum absolute atomic E-state index is 0.180. The molecule has 3 aromatic carbocycles. The van der Waals surface area contributed by atoms with Crippen LogP contribution in [0.25, 0.3) is 11.3 Å². The zero-order chi connectivity index (χ0) is 18.7. The summed E-state index contributed by atoms with van der Waals surface area (Å²) in [6.45, 7) is 2.22. The molecule has 0 amide bonds. The van der Waals surface area contributed by atoms with Crippen LogP contribution in [0.15, 0.2) is 91.0 Å². The highest BCUT2D eigenvalue weighted by molar-refractivity contribution is 6.32. The fourth-order valence-electron chi connectivity index (χ4n) is 3.40. The van der Waals surface area contributed by atoms with Crippen LogP contribution >= 0.6 is 0 Å². The molecule has 134 valence electrons. The summed E-state index contributed by atoms with van der Waals surface area (Å²) in [7, 11) is 0. The largest absolute Gasteiger partial charge is 0.449 e.